The van der Waals surface area contributed by atoms with Gasteiger partial charge in [0.05, 0.1) is 17.2 Å². The number of aromatic nitrogens is 2. The molecule has 7 heteroatoms. The molecule has 1 aliphatic heterocycles. The summed E-state index contributed by atoms with van der Waals surface area (Å²) in [5.74, 6) is 0.518. The molecule has 5 nitrogen and oxygen atoms in total. The fourth-order valence-electron chi connectivity index (χ4n) is 4.02. The summed E-state index contributed by atoms with van der Waals surface area (Å²) in [5, 5.41) is 6.35. The van der Waals surface area contributed by atoms with Crippen molar-refractivity contribution in [3.05, 3.63) is 52.2 Å². The van der Waals surface area contributed by atoms with Gasteiger partial charge in [0.15, 0.2) is 15.0 Å². The SMILES string of the molecule is Cc1ccc(C)c(Nc2nc(-c3cc(C)n([C@H]4CCS(=O)(=O)C4)c3C)cs2)c1. The molecule has 1 aliphatic rings. The van der Waals surface area contributed by atoms with Gasteiger partial charge in [-0.05, 0) is 57.4 Å². The molecule has 4 rings (SSSR count). The zero-order valence-corrected chi connectivity index (χ0v) is 18.2. The van der Waals surface area contributed by atoms with Gasteiger partial charge in [-0.3, -0.25) is 0 Å². The predicted octanol–water partition coefficient (Wildman–Crippen LogP) is 4.95. The highest BCUT2D eigenvalue weighted by Gasteiger charge is 2.31. The summed E-state index contributed by atoms with van der Waals surface area (Å²) in [6.45, 7) is 8.27. The highest BCUT2D eigenvalue weighted by atomic mass is 32.2. The number of nitrogens with zero attached hydrogens (tertiary/aromatic N) is 2. The van der Waals surface area contributed by atoms with E-state index in [0.717, 1.165) is 33.5 Å². The average molecular weight is 416 g/mol. The maximum absolute atomic E-state index is 11.9. The number of anilines is 2. The summed E-state index contributed by atoms with van der Waals surface area (Å²) >= 11 is 1.58. The van der Waals surface area contributed by atoms with Gasteiger partial charge in [-0.15, -0.1) is 11.3 Å². The molecule has 0 amide bonds. The van der Waals surface area contributed by atoms with Crippen LogP contribution in [0.15, 0.2) is 29.6 Å². The Hall–Kier alpha value is -2.12. The van der Waals surface area contributed by atoms with Crippen molar-refractivity contribution < 1.29 is 8.42 Å². The van der Waals surface area contributed by atoms with E-state index >= 15 is 0 Å². The van der Waals surface area contributed by atoms with Gasteiger partial charge in [-0.1, -0.05) is 12.1 Å². The molecule has 1 atom stereocenters. The van der Waals surface area contributed by atoms with Crippen LogP contribution in [0, 0.1) is 27.7 Å². The van der Waals surface area contributed by atoms with E-state index in [1.807, 2.05) is 6.92 Å². The van der Waals surface area contributed by atoms with Crippen LogP contribution >= 0.6 is 11.3 Å². The molecule has 0 saturated carbocycles. The van der Waals surface area contributed by atoms with E-state index in [-0.39, 0.29) is 17.5 Å². The van der Waals surface area contributed by atoms with Gasteiger partial charge in [0.1, 0.15) is 0 Å². The van der Waals surface area contributed by atoms with E-state index in [1.54, 1.807) is 11.3 Å². The maximum Gasteiger partial charge on any atom is 0.187 e. The van der Waals surface area contributed by atoms with E-state index in [9.17, 15) is 8.42 Å². The fourth-order valence-corrected chi connectivity index (χ4v) is 6.44. The van der Waals surface area contributed by atoms with Gasteiger partial charge >= 0.3 is 0 Å². The van der Waals surface area contributed by atoms with Crippen LogP contribution in [0.3, 0.4) is 0 Å². The monoisotopic (exact) mass is 415 g/mol. The van der Waals surface area contributed by atoms with Crippen LogP contribution in [0.25, 0.3) is 11.3 Å². The highest BCUT2D eigenvalue weighted by molar-refractivity contribution is 7.91. The van der Waals surface area contributed by atoms with Crippen LogP contribution in [0.1, 0.15) is 35.0 Å². The first-order valence-electron chi connectivity index (χ1n) is 9.42. The van der Waals surface area contributed by atoms with Crippen LogP contribution in [0.5, 0.6) is 0 Å². The summed E-state index contributed by atoms with van der Waals surface area (Å²) in [4.78, 5) is 4.79. The lowest BCUT2D eigenvalue weighted by atomic mass is 10.1. The van der Waals surface area contributed by atoms with Crippen LogP contribution < -0.4 is 5.32 Å². The van der Waals surface area contributed by atoms with Crippen molar-refractivity contribution in [2.24, 2.45) is 0 Å². The van der Waals surface area contributed by atoms with Gasteiger partial charge in [0.25, 0.3) is 0 Å². The van der Waals surface area contributed by atoms with E-state index in [1.165, 1.54) is 11.1 Å². The Morgan fingerprint density at radius 1 is 1.18 bits per heavy atom. The van der Waals surface area contributed by atoms with E-state index in [0.29, 0.717) is 6.42 Å². The van der Waals surface area contributed by atoms with E-state index < -0.39 is 9.84 Å². The number of benzene rings is 1. The number of rotatable bonds is 4. The second kappa shape index (κ2) is 7.04. The van der Waals surface area contributed by atoms with Crippen molar-refractivity contribution in [1.82, 2.24) is 9.55 Å². The Kier molecular flexibility index (Phi) is 4.83. The molecule has 148 valence electrons. The first-order chi connectivity index (χ1) is 13.2. The van der Waals surface area contributed by atoms with E-state index in [2.05, 4.69) is 60.3 Å². The van der Waals surface area contributed by atoms with Crippen LogP contribution in [0.2, 0.25) is 0 Å². The Morgan fingerprint density at radius 3 is 2.68 bits per heavy atom. The van der Waals surface area contributed by atoms with Crippen LogP contribution in [-0.2, 0) is 9.84 Å². The maximum atomic E-state index is 11.9. The first-order valence-corrected chi connectivity index (χ1v) is 12.1. The zero-order valence-electron chi connectivity index (χ0n) is 16.6. The molecule has 1 N–H and O–H groups in total. The Balaban J connectivity index is 1.63. The molecular formula is C21H25N3O2S2. The molecule has 2 aromatic heterocycles. The van der Waals surface area contributed by atoms with Gasteiger partial charge in [0.2, 0.25) is 0 Å². The number of hydrogen-bond acceptors (Lipinski definition) is 5. The average Bonchev–Trinajstić information content (AvgIpc) is 3.29. The van der Waals surface area contributed by atoms with Gasteiger partial charge in [-0.25, -0.2) is 13.4 Å². The van der Waals surface area contributed by atoms with Crippen LogP contribution in [-0.4, -0.2) is 29.5 Å². The second-order valence-electron chi connectivity index (χ2n) is 7.69. The molecule has 3 aromatic rings. The molecule has 0 unspecified atom stereocenters. The number of sulfone groups is 1. The smallest absolute Gasteiger partial charge is 0.187 e. The van der Waals surface area contributed by atoms with Crippen molar-refractivity contribution >= 4 is 32.0 Å². The summed E-state index contributed by atoms with van der Waals surface area (Å²) in [5.41, 5.74) is 7.64. The summed E-state index contributed by atoms with van der Waals surface area (Å²) in [6.07, 6.45) is 0.689. The van der Waals surface area contributed by atoms with Gasteiger partial charge < -0.3 is 9.88 Å². The third-order valence-electron chi connectivity index (χ3n) is 5.47. The standard InChI is InChI=1S/C21H25N3O2S2/c1-13-5-6-14(2)19(9-13)22-21-23-20(11-27-21)18-10-15(3)24(16(18)4)17-7-8-28(25,26)12-17/h5-6,9-11,17H,7-8,12H2,1-4H3,(H,22,23)/t17-/m0/s1. The first kappa shape index (κ1) is 19.2. The summed E-state index contributed by atoms with van der Waals surface area (Å²) < 4.78 is 26.0. The minimum atomic E-state index is -2.92. The molecule has 1 fully saturated rings. The zero-order chi connectivity index (χ0) is 20.1. The Labute approximate surface area is 170 Å². The lowest BCUT2D eigenvalue weighted by molar-refractivity contribution is 0.536. The van der Waals surface area contributed by atoms with Gasteiger partial charge in [-0.2, -0.15) is 0 Å². The highest BCUT2D eigenvalue weighted by Crippen LogP contribution is 2.35. The fraction of sp³-hybridized carbons (Fsp3) is 0.381. The number of thiazole rings is 1. The second-order valence-corrected chi connectivity index (χ2v) is 10.8. The normalized spacial score (nSPS) is 18.5. The Bertz CT molecular complexity index is 1140. The lowest BCUT2D eigenvalue weighted by Crippen LogP contribution is -2.13. The number of aryl methyl sites for hydroxylation is 3. The molecule has 1 aromatic carbocycles. The Morgan fingerprint density at radius 2 is 1.96 bits per heavy atom. The van der Waals surface area contributed by atoms with Crippen molar-refractivity contribution in [1.29, 1.82) is 0 Å². The minimum absolute atomic E-state index is 0.0323. The summed E-state index contributed by atoms with van der Waals surface area (Å²) in [6, 6.07) is 8.49. The van der Waals surface area contributed by atoms with Crippen molar-refractivity contribution in [2.45, 2.75) is 40.2 Å². The third-order valence-corrected chi connectivity index (χ3v) is 7.98. The molecular weight excluding hydrogens is 390 g/mol. The van der Waals surface area contributed by atoms with Crippen molar-refractivity contribution in [3.63, 3.8) is 0 Å². The van der Waals surface area contributed by atoms with Crippen LogP contribution in [0.4, 0.5) is 10.8 Å². The number of nitrogens with one attached hydrogen (secondary N) is 1. The molecule has 0 bridgehead atoms. The molecule has 0 aliphatic carbocycles. The molecule has 28 heavy (non-hydrogen) atoms. The largest absolute Gasteiger partial charge is 0.344 e. The molecule has 1 saturated heterocycles. The lowest BCUT2D eigenvalue weighted by Gasteiger charge is -2.16. The van der Waals surface area contributed by atoms with Crippen molar-refractivity contribution in [3.8, 4) is 11.3 Å². The van der Waals surface area contributed by atoms with Gasteiger partial charge in [0, 0.05) is 34.1 Å². The summed E-state index contributed by atoms with van der Waals surface area (Å²) in [7, 11) is -2.92. The molecule has 0 spiro atoms. The van der Waals surface area contributed by atoms with Crippen molar-refractivity contribution in [2.75, 3.05) is 16.8 Å². The third kappa shape index (κ3) is 3.61. The van der Waals surface area contributed by atoms with E-state index in [4.69, 9.17) is 4.98 Å². The predicted molar refractivity (Wildman–Crippen MR) is 117 cm³/mol. The minimum Gasteiger partial charge on any atom is -0.344 e. The molecule has 3 heterocycles. The molecule has 0 radical (unpaired) electrons. The topological polar surface area (TPSA) is 64.0 Å². The quantitative estimate of drug-likeness (QED) is 0.655. The number of hydrogen-bond donors (Lipinski definition) is 1.